The van der Waals surface area contributed by atoms with Crippen LogP contribution in [0, 0.1) is 0 Å². The van der Waals surface area contributed by atoms with Gasteiger partial charge in [0.1, 0.15) is 5.75 Å². The molecular formula is C16H26N2O2. The zero-order valence-corrected chi connectivity index (χ0v) is 12.7. The third kappa shape index (κ3) is 3.51. The summed E-state index contributed by atoms with van der Waals surface area (Å²) < 4.78 is 11.0. The van der Waals surface area contributed by atoms with E-state index in [1.165, 1.54) is 5.56 Å². The molecule has 2 N–H and O–H groups in total. The van der Waals surface area contributed by atoms with Crippen molar-refractivity contribution >= 4 is 0 Å². The van der Waals surface area contributed by atoms with E-state index in [-0.39, 0.29) is 12.1 Å². The van der Waals surface area contributed by atoms with Gasteiger partial charge < -0.3 is 15.2 Å². The number of hydrogen-bond acceptors (Lipinski definition) is 4. The lowest BCUT2D eigenvalue weighted by atomic mass is 10.0. The molecule has 0 bridgehead atoms. The average Bonchev–Trinajstić information content (AvgIpc) is 2.49. The van der Waals surface area contributed by atoms with Gasteiger partial charge in [0, 0.05) is 25.2 Å². The maximum Gasteiger partial charge on any atom is 0.118 e. The van der Waals surface area contributed by atoms with E-state index in [0.717, 1.165) is 31.9 Å². The van der Waals surface area contributed by atoms with Crippen molar-refractivity contribution in [2.45, 2.75) is 38.5 Å². The summed E-state index contributed by atoms with van der Waals surface area (Å²) in [6.07, 6.45) is 1.22. The zero-order chi connectivity index (χ0) is 14.5. The molecule has 1 aromatic rings. The summed E-state index contributed by atoms with van der Waals surface area (Å²) in [6.45, 7) is 6.88. The van der Waals surface area contributed by atoms with Crippen molar-refractivity contribution in [3.8, 4) is 5.75 Å². The van der Waals surface area contributed by atoms with E-state index in [4.69, 9.17) is 15.2 Å². The van der Waals surface area contributed by atoms with Crippen molar-refractivity contribution < 1.29 is 9.47 Å². The van der Waals surface area contributed by atoms with Gasteiger partial charge in [-0.3, -0.25) is 4.90 Å². The highest BCUT2D eigenvalue weighted by Crippen LogP contribution is 2.27. The molecule has 1 aliphatic heterocycles. The van der Waals surface area contributed by atoms with Gasteiger partial charge in [0.25, 0.3) is 0 Å². The second-order valence-corrected chi connectivity index (χ2v) is 5.46. The number of nitrogens with zero attached hydrogens (tertiary/aromatic N) is 1. The highest BCUT2D eigenvalue weighted by Gasteiger charge is 2.28. The Hall–Kier alpha value is -1.10. The van der Waals surface area contributed by atoms with Crippen LogP contribution in [0.4, 0.5) is 0 Å². The van der Waals surface area contributed by atoms with Crippen LogP contribution in [0.3, 0.4) is 0 Å². The van der Waals surface area contributed by atoms with Crippen LogP contribution in [0.1, 0.15) is 31.9 Å². The number of benzene rings is 1. The minimum atomic E-state index is 0.0752. The minimum Gasteiger partial charge on any atom is -0.497 e. The maximum absolute atomic E-state index is 5.98. The van der Waals surface area contributed by atoms with Crippen molar-refractivity contribution in [3.05, 3.63) is 29.8 Å². The number of methoxy groups -OCH3 is 1. The van der Waals surface area contributed by atoms with E-state index < -0.39 is 0 Å². The molecular weight excluding hydrogens is 252 g/mol. The van der Waals surface area contributed by atoms with Gasteiger partial charge in [-0.1, -0.05) is 19.1 Å². The quantitative estimate of drug-likeness (QED) is 0.897. The first kappa shape index (κ1) is 15.3. The van der Waals surface area contributed by atoms with Crippen LogP contribution in [0.15, 0.2) is 24.3 Å². The molecule has 0 aliphatic carbocycles. The summed E-state index contributed by atoms with van der Waals surface area (Å²) in [5.41, 5.74) is 7.31. The number of hydrogen-bond donors (Lipinski definition) is 1. The standard InChI is InChI=1S/C16H26N2O2/c1-4-15(13-5-7-14(19-3)8-6-13)18-9-10-20-16(11-18)12(2)17/h5-8,12,15-16H,4,9-11,17H2,1-3H3. The molecule has 3 unspecified atom stereocenters. The van der Waals surface area contributed by atoms with Gasteiger partial charge in [-0.2, -0.15) is 0 Å². The van der Waals surface area contributed by atoms with Crippen LogP contribution in [0.2, 0.25) is 0 Å². The first-order chi connectivity index (χ1) is 9.65. The summed E-state index contributed by atoms with van der Waals surface area (Å²) in [6, 6.07) is 8.87. The number of nitrogens with two attached hydrogens (primary N) is 1. The maximum atomic E-state index is 5.98. The predicted octanol–water partition coefficient (Wildman–Crippen LogP) is 2.19. The highest BCUT2D eigenvalue weighted by molar-refractivity contribution is 5.29. The SMILES string of the molecule is CCC(c1ccc(OC)cc1)N1CCOC(C(C)N)C1. The third-order valence-electron chi connectivity index (χ3n) is 4.04. The number of morpholine rings is 1. The Morgan fingerprint density at radius 3 is 2.65 bits per heavy atom. The van der Waals surface area contributed by atoms with Crippen molar-refractivity contribution in [1.29, 1.82) is 0 Å². The first-order valence-electron chi connectivity index (χ1n) is 7.41. The van der Waals surface area contributed by atoms with Crippen molar-refractivity contribution in [1.82, 2.24) is 4.90 Å². The van der Waals surface area contributed by atoms with Gasteiger partial charge in [-0.25, -0.2) is 0 Å². The second-order valence-electron chi connectivity index (χ2n) is 5.46. The summed E-state index contributed by atoms with van der Waals surface area (Å²) in [5, 5.41) is 0. The van der Waals surface area contributed by atoms with Crippen molar-refractivity contribution in [3.63, 3.8) is 0 Å². The Morgan fingerprint density at radius 2 is 2.10 bits per heavy atom. The van der Waals surface area contributed by atoms with Crippen LogP contribution >= 0.6 is 0 Å². The predicted molar refractivity (Wildman–Crippen MR) is 81.0 cm³/mol. The lowest BCUT2D eigenvalue weighted by molar-refractivity contribution is -0.0526. The largest absolute Gasteiger partial charge is 0.497 e. The lowest BCUT2D eigenvalue weighted by Crippen LogP contribution is -2.50. The topological polar surface area (TPSA) is 47.7 Å². The molecule has 0 radical (unpaired) electrons. The Labute approximate surface area is 121 Å². The molecule has 1 saturated heterocycles. The molecule has 1 aromatic carbocycles. The van der Waals surface area contributed by atoms with Crippen LogP contribution in [-0.2, 0) is 4.74 Å². The van der Waals surface area contributed by atoms with E-state index >= 15 is 0 Å². The van der Waals surface area contributed by atoms with Crippen LogP contribution in [0.5, 0.6) is 5.75 Å². The Kier molecular flexibility index (Phi) is 5.40. The van der Waals surface area contributed by atoms with Gasteiger partial charge >= 0.3 is 0 Å². The van der Waals surface area contributed by atoms with Gasteiger partial charge in [0.05, 0.1) is 19.8 Å². The van der Waals surface area contributed by atoms with E-state index in [2.05, 4.69) is 24.0 Å². The van der Waals surface area contributed by atoms with Crippen molar-refractivity contribution in [2.24, 2.45) is 5.73 Å². The van der Waals surface area contributed by atoms with Crippen molar-refractivity contribution in [2.75, 3.05) is 26.8 Å². The Balaban J connectivity index is 2.10. The molecule has 0 spiro atoms. The molecule has 2 rings (SSSR count). The van der Waals surface area contributed by atoms with E-state index in [1.54, 1.807) is 7.11 Å². The number of rotatable bonds is 5. The van der Waals surface area contributed by atoms with Gasteiger partial charge in [-0.05, 0) is 31.0 Å². The van der Waals surface area contributed by atoms with Crippen LogP contribution in [0.25, 0.3) is 0 Å². The normalized spacial score (nSPS) is 23.3. The van der Waals surface area contributed by atoms with E-state index in [1.807, 2.05) is 19.1 Å². The Bertz CT molecular complexity index is 405. The molecule has 3 atom stereocenters. The van der Waals surface area contributed by atoms with Crippen LogP contribution in [-0.4, -0.2) is 43.9 Å². The zero-order valence-electron chi connectivity index (χ0n) is 12.7. The first-order valence-corrected chi connectivity index (χ1v) is 7.41. The van der Waals surface area contributed by atoms with E-state index in [0.29, 0.717) is 6.04 Å². The molecule has 1 heterocycles. The molecule has 112 valence electrons. The molecule has 1 aliphatic rings. The summed E-state index contributed by atoms with van der Waals surface area (Å²) in [5.74, 6) is 0.902. The molecule has 0 saturated carbocycles. The monoisotopic (exact) mass is 278 g/mol. The second kappa shape index (κ2) is 7.07. The third-order valence-corrected chi connectivity index (χ3v) is 4.04. The van der Waals surface area contributed by atoms with Gasteiger partial charge in [-0.15, -0.1) is 0 Å². The van der Waals surface area contributed by atoms with Crippen LogP contribution < -0.4 is 10.5 Å². The molecule has 0 amide bonds. The minimum absolute atomic E-state index is 0.0752. The fraction of sp³-hybridized carbons (Fsp3) is 0.625. The van der Waals surface area contributed by atoms with Gasteiger partial charge in [0.15, 0.2) is 0 Å². The summed E-state index contributed by atoms with van der Waals surface area (Å²) in [7, 11) is 1.70. The average molecular weight is 278 g/mol. The lowest BCUT2D eigenvalue weighted by Gasteiger charge is -2.39. The molecule has 20 heavy (non-hydrogen) atoms. The molecule has 4 nitrogen and oxygen atoms in total. The van der Waals surface area contributed by atoms with E-state index in [9.17, 15) is 0 Å². The smallest absolute Gasteiger partial charge is 0.118 e. The fourth-order valence-corrected chi connectivity index (χ4v) is 2.83. The Morgan fingerprint density at radius 1 is 1.40 bits per heavy atom. The summed E-state index contributed by atoms with van der Waals surface area (Å²) >= 11 is 0. The summed E-state index contributed by atoms with van der Waals surface area (Å²) in [4.78, 5) is 2.49. The fourth-order valence-electron chi connectivity index (χ4n) is 2.83. The molecule has 0 aromatic heterocycles. The molecule has 1 fully saturated rings. The number of ether oxygens (including phenoxy) is 2. The highest BCUT2D eigenvalue weighted by atomic mass is 16.5. The molecule has 4 heteroatoms. The van der Waals surface area contributed by atoms with Gasteiger partial charge in [0.2, 0.25) is 0 Å².